The Hall–Kier alpha value is -2.41. The number of benzene rings is 1. The predicted molar refractivity (Wildman–Crippen MR) is 106 cm³/mol. The number of amides is 1. The van der Waals surface area contributed by atoms with Crippen molar-refractivity contribution in [3.63, 3.8) is 0 Å². The van der Waals surface area contributed by atoms with Crippen LogP contribution in [0.3, 0.4) is 0 Å². The number of nitrogens with zero attached hydrogens (tertiary/aromatic N) is 3. The molecule has 1 heterocycles. The molecule has 0 atom stereocenters. The Morgan fingerprint density at radius 3 is 2.52 bits per heavy atom. The van der Waals surface area contributed by atoms with Gasteiger partial charge in [0.05, 0.1) is 17.3 Å². The van der Waals surface area contributed by atoms with E-state index >= 15 is 0 Å². The van der Waals surface area contributed by atoms with Gasteiger partial charge in [0.15, 0.2) is 6.61 Å². The molecule has 4 fully saturated rings. The fraction of sp³-hybridized carbons (Fsp3) is 0.524. The van der Waals surface area contributed by atoms with Crippen LogP contribution in [0.4, 0.5) is 5.69 Å². The summed E-state index contributed by atoms with van der Waals surface area (Å²) < 4.78 is 6.98. The van der Waals surface area contributed by atoms with Crippen molar-refractivity contribution in [3.8, 4) is 5.69 Å². The normalized spacial score (nSPS) is 29.6. The van der Waals surface area contributed by atoms with Gasteiger partial charge in [0.2, 0.25) is 0 Å². The number of halogens is 1. The monoisotopic (exact) mass is 414 g/mol. The maximum atomic E-state index is 12.8. The highest BCUT2D eigenvalue weighted by Gasteiger charge is 2.51. The number of carbonyl (C=O) groups excluding carboxylic acids is 2. The lowest BCUT2D eigenvalue weighted by molar-refractivity contribution is -0.164. The van der Waals surface area contributed by atoms with Crippen LogP contribution in [0.5, 0.6) is 0 Å². The van der Waals surface area contributed by atoms with Crippen molar-refractivity contribution in [1.29, 1.82) is 0 Å². The quantitative estimate of drug-likeness (QED) is 0.757. The average molecular weight is 415 g/mol. The standard InChI is InChI=1S/C21H23ClN4O3/c22-16-1-2-18(26-11-23-10-24-26)17(8-16)25-19(27)9-29-21(28)20-14-4-12-3-13(6-14)7-15(20)5-12/h1-2,8,10-15,20H,3-7,9H2,(H,25,27). The highest BCUT2D eigenvalue weighted by molar-refractivity contribution is 6.31. The number of ether oxygens (including phenoxy) is 1. The molecule has 0 radical (unpaired) electrons. The number of hydrogen-bond donors (Lipinski definition) is 1. The minimum absolute atomic E-state index is 0.0347. The predicted octanol–water partition coefficient (Wildman–Crippen LogP) is 3.47. The van der Waals surface area contributed by atoms with E-state index in [1.54, 1.807) is 18.2 Å². The van der Waals surface area contributed by atoms with Crippen molar-refractivity contribution in [3.05, 3.63) is 35.9 Å². The third-order valence-electron chi connectivity index (χ3n) is 6.74. The second-order valence-corrected chi connectivity index (χ2v) is 9.05. The van der Waals surface area contributed by atoms with Crippen molar-refractivity contribution in [2.45, 2.75) is 32.1 Å². The van der Waals surface area contributed by atoms with Gasteiger partial charge in [-0.15, -0.1) is 0 Å². The topological polar surface area (TPSA) is 86.1 Å². The van der Waals surface area contributed by atoms with Crippen LogP contribution in [-0.2, 0) is 14.3 Å². The second kappa shape index (κ2) is 7.44. The van der Waals surface area contributed by atoms with Crippen molar-refractivity contribution in [1.82, 2.24) is 14.8 Å². The fourth-order valence-corrected chi connectivity index (χ4v) is 6.04. The molecular formula is C21H23ClN4O3. The van der Waals surface area contributed by atoms with E-state index in [1.165, 1.54) is 23.8 Å². The van der Waals surface area contributed by atoms with Crippen molar-refractivity contribution in [2.24, 2.45) is 29.6 Å². The number of carbonyl (C=O) groups is 2. The summed E-state index contributed by atoms with van der Waals surface area (Å²) in [6, 6.07) is 5.09. The molecule has 6 rings (SSSR count). The van der Waals surface area contributed by atoms with E-state index < -0.39 is 5.91 Å². The molecule has 1 aromatic heterocycles. The first-order chi connectivity index (χ1) is 14.1. The number of hydrogen-bond acceptors (Lipinski definition) is 5. The molecule has 0 unspecified atom stereocenters. The van der Waals surface area contributed by atoms with Crippen LogP contribution in [0.2, 0.25) is 5.02 Å². The lowest BCUT2D eigenvalue weighted by Gasteiger charge is -2.53. The molecule has 0 saturated heterocycles. The highest BCUT2D eigenvalue weighted by Crippen LogP contribution is 2.56. The van der Waals surface area contributed by atoms with E-state index in [0.29, 0.717) is 28.2 Å². The molecule has 1 aromatic carbocycles. The molecule has 4 saturated carbocycles. The van der Waals surface area contributed by atoms with E-state index in [1.807, 2.05) is 0 Å². The van der Waals surface area contributed by atoms with Gasteiger partial charge < -0.3 is 10.1 Å². The van der Waals surface area contributed by atoms with Gasteiger partial charge in [0, 0.05) is 5.02 Å². The molecule has 8 heteroatoms. The Kier molecular flexibility index (Phi) is 4.78. The summed E-state index contributed by atoms with van der Waals surface area (Å²) in [4.78, 5) is 29.1. The SMILES string of the molecule is O=C(COC(=O)C1C2CC3CC(C2)CC1C3)Nc1cc(Cl)ccc1-n1cncn1. The molecule has 1 N–H and O–H groups in total. The van der Waals surface area contributed by atoms with Crippen LogP contribution in [0.1, 0.15) is 32.1 Å². The van der Waals surface area contributed by atoms with Gasteiger partial charge in [-0.05, 0) is 74.0 Å². The summed E-state index contributed by atoms with van der Waals surface area (Å²) in [5, 5.41) is 7.34. The number of rotatable bonds is 5. The van der Waals surface area contributed by atoms with Crippen molar-refractivity contribution in [2.75, 3.05) is 11.9 Å². The maximum Gasteiger partial charge on any atom is 0.310 e. The van der Waals surface area contributed by atoms with Crippen molar-refractivity contribution >= 4 is 29.2 Å². The van der Waals surface area contributed by atoms with Gasteiger partial charge in [-0.25, -0.2) is 9.67 Å². The number of esters is 1. The Labute approximate surface area is 173 Å². The molecule has 7 nitrogen and oxygen atoms in total. The summed E-state index contributed by atoms with van der Waals surface area (Å²) in [6.07, 6.45) is 8.85. The lowest BCUT2D eigenvalue weighted by atomic mass is 9.52. The smallest absolute Gasteiger partial charge is 0.310 e. The number of aromatic nitrogens is 3. The van der Waals surface area contributed by atoms with Crippen LogP contribution >= 0.6 is 11.6 Å². The van der Waals surface area contributed by atoms with Gasteiger partial charge in [-0.2, -0.15) is 5.10 Å². The van der Waals surface area contributed by atoms with Crippen LogP contribution in [0.25, 0.3) is 5.69 Å². The minimum atomic E-state index is -0.397. The van der Waals surface area contributed by atoms with Gasteiger partial charge in [-0.1, -0.05) is 11.6 Å². The Morgan fingerprint density at radius 1 is 1.14 bits per heavy atom. The van der Waals surface area contributed by atoms with E-state index in [9.17, 15) is 9.59 Å². The Bertz CT molecular complexity index is 902. The summed E-state index contributed by atoms with van der Waals surface area (Å²) in [5.41, 5.74) is 1.12. The third kappa shape index (κ3) is 3.64. The maximum absolute atomic E-state index is 12.8. The lowest BCUT2D eigenvalue weighted by Crippen LogP contribution is -2.48. The van der Waals surface area contributed by atoms with Crippen LogP contribution in [0, 0.1) is 29.6 Å². The summed E-state index contributed by atoms with van der Waals surface area (Å²) in [5.74, 6) is 1.82. The molecular weight excluding hydrogens is 392 g/mol. The zero-order valence-electron chi connectivity index (χ0n) is 16.0. The van der Waals surface area contributed by atoms with Crippen LogP contribution in [-0.4, -0.2) is 33.2 Å². The molecule has 0 spiro atoms. The van der Waals surface area contributed by atoms with Gasteiger partial charge in [-0.3, -0.25) is 9.59 Å². The molecule has 2 aromatic rings. The zero-order valence-corrected chi connectivity index (χ0v) is 16.7. The Balaban J connectivity index is 1.22. The average Bonchev–Trinajstić information content (AvgIpc) is 3.20. The summed E-state index contributed by atoms with van der Waals surface area (Å²) >= 11 is 6.08. The minimum Gasteiger partial charge on any atom is -0.455 e. The Morgan fingerprint density at radius 2 is 1.86 bits per heavy atom. The first-order valence-electron chi connectivity index (χ1n) is 10.2. The number of anilines is 1. The van der Waals surface area contributed by atoms with Gasteiger partial charge in [0.1, 0.15) is 12.7 Å². The molecule has 29 heavy (non-hydrogen) atoms. The molecule has 1 amide bonds. The molecule has 4 bridgehead atoms. The van der Waals surface area contributed by atoms with E-state index in [-0.39, 0.29) is 18.5 Å². The molecule has 152 valence electrons. The van der Waals surface area contributed by atoms with E-state index in [2.05, 4.69) is 15.4 Å². The largest absolute Gasteiger partial charge is 0.455 e. The van der Waals surface area contributed by atoms with E-state index in [0.717, 1.165) is 37.5 Å². The zero-order chi connectivity index (χ0) is 20.0. The molecule has 4 aliphatic carbocycles. The van der Waals surface area contributed by atoms with Gasteiger partial charge in [0.25, 0.3) is 5.91 Å². The van der Waals surface area contributed by atoms with Crippen LogP contribution < -0.4 is 5.32 Å². The third-order valence-corrected chi connectivity index (χ3v) is 6.98. The fourth-order valence-electron chi connectivity index (χ4n) is 5.87. The van der Waals surface area contributed by atoms with E-state index in [4.69, 9.17) is 16.3 Å². The van der Waals surface area contributed by atoms with Crippen LogP contribution in [0.15, 0.2) is 30.9 Å². The summed E-state index contributed by atoms with van der Waals surface area (Å²) in [7, 11) is 0. The van der Waals surface area contributed by atoms with Gasteiger partial charge >= 0.3 is 5.97 Å². The number of nitrogens with one attached hydrogen (secondary N) is 1. The highest BCUT2D eigenvalue weighted by atomic mass is 35.5. The summed E-state index contributed by atoms with van der Waals surface area (Å²) in [6.45, 7) is -0.301. The molecule has 0 aliphatic heterocycles. The first kappa shape index (κ1) is 18.6. The van der Waals surface area contributed by atoms with Crippen molar-refractivity contribution < 1.29 is 14.3 Å². The first-order valence-corrected chi connectivity index (χ1v) is 10.6. The second-order valence-electron chi connectivity index (χ2n) is 8.61. The molecule has 4 aliphatic rings.